The average molecular weight is 537 g/mol. The minimum atomic E-state index is -3.71. The van der Waals surface area contributed by atoms with E-state index in [1.165, 1.54) is 16.4 Å². The van der Waals surface area contributed by atoms with Crippen molar-refractivity contribution in [3.8, 4) is 0 Å². The van der Waals surface area contributed by atoms with E-state index in [0.717, 1.165) is 24.2 Å². The second-order valence-electron chi connectivity index (χ2n) is 8.62. The molecule has 1 aliphatic rings. The van der Waals surface area contributed by atoms with Crippen LogP contribution in [0.2, 0.25) is 0 Å². The summed E-state index contributed by atoms with van der Waals surface area (Å²) in [6.45, 7) is 8.05. The third kappa shape index (κ3) is 6.13. The molecule has 1 N–H and O–H groups in total. The van der Waals surface area contributed by atoms with Gasteiger partial charge in [-0.1, -0.05) is 19.1 Å². The Morgan fingerprint density at radius 1 is 1.14 bits per heavy atom. The first kappa shape index (κ1) is 27.8. The number of nitrogens with one attached hydrogen (secondary N) is 1. The molecule has 0 amide bonds. The lowest BCUT2D eigenvalue weighted by atomic mass is 10.0. The van der Waals surface area contributed by atoms with Gasteiger partial charge in [-0.2, -0.15) is 4.31 Å². The molecule has 0 aliphatic carbocycles. The van der Waals surface area contributed by atoms with E-state index in [0.29, 0.717) is 23.7 Å². The average Bonchev–Trinajstić information content (AvgIpc) is 3.19. The van der Waals surface area contributed by atoms with Crippen LogP contribution in [0.1, 0.15) is 69.6 Å². The van der Waals surface area contributed by atoms with Crippen LogP contribution in [-0.4, -0.2) is 63.3 Å². The molecule has 11 heteroatoms. The van der Waals surface area contributed by atoms with Crippen LogP contribution in [0.4, 0.5) is 5.00 Å². The number of carbonyl (C=O) groups excluding carboxylic acids is 3. The molecule has 0 spiro atoms. The number of hydrogen-bond acceptors (Lipinski definition) is 9. The number of piperidine rings is 1. The Hall–Kier alpha value is -2.76. The number of hydrogen-bond donors (Lipinski definition) is 1. The molecular formula is C25H32N2O7S2. The summed E-state index contributed by atoms with van der Waals surface area (Å²) in [7, 11) is -3.71. The molecule has 0 bridgehead atoms. The summed E-state index contributed by atoms with van der Waals surface area (Å²) >= 11 is 1.01. The molecular weight excluding hydrogens is 504 g/mol. The third-order valence-electron chi connectivity index (χ3n) is 5.91. The molecule has 0 saturated carbocycles. The first-order valence-electron chi connectivity index (χ1n) is 11.9. The van der Waals surface area contributed by atoms with Crippen molar-refractivity contribution in [3.63, 3.8) is 0 Å². The summed E-state index contributed by atoms with van der Waals surface area (Å²) in [5.41, 5.74) is 0.814. The van der Waals surface area contributed by atoms with Crippen LogP contribution >= 0.6 is 11.3 Å². The van der Waals surface area contributed by atoms with Crippen LogP contribution in [0, 0.1) is 12.8 Å². The molecule has 3 rings (SSSR count). The highest BCUT2D eigenvalue weighted by Gasteiger charge is 2.30. The molecule has 1 atom stereocenters. The molecule has 196 valence electrons. The molecule has 1 aromatic heterocycles. The van der Waals surface area contributed by atoms with Crippen LogP contribution in [0.3, 0.4) is 0 Å². The molecule has 36 heavy (non-hydrogen) atoms. The minimum Gasteiger partial charge on any atom is -0.462 e. The zero-order valence-corrected chi connectivity index (χ0v) is 22.6. The van der Waals surface area contributed by atoms with Gasteiger partial charge in [0.05, 0.1) is 30.2 Å². The van der Waals surface area contributed by atoms with Gasteiger partial charge in [-0.05, 0) is 57.2 Å². The number of Topliss-reactive ketones (excluding diaryl/α,β-unsaturated/α-hetero) is 1. The quantitative estimate of drug-likeness (QED) is 0.356. The maximum atomic E-state index is 13.1. The zero-order chi connectivity index (χ0) is 26.5. The summed E-state index contributed by atoms with van der Waals surface area (Å²) in [5, 5.41) is 3.25. The second-order valence-corrected chi connectivity index (χ2v) is 11.6. The van der Waals surface area contributed by atoms with Gasteiger partial charge in [-0.25, -0.2) is 18.0 Å². The van der Waals surface area contributed by atoms with Crippen molar-refractivity contribution in [1.82, 2.24) is 4.31 Å². The second kappa shape index (κ2) is 12.0. The van der Waals surface area contributed by atoms with E-state index in [9.17, 15) is 22.8 Å². The lowest BCUT2D eigenvalue weighted by molar-refractivity contribution is 0.0527. The van der Waals surface area contributed by atoms with Gasteiger partial charge in [0, 0.05) is 18.7 Å². The number of benzene rings is 1. The Balaban J connectivity index is 1.82. The first-order chi connectivity index (χ1) is 17.1. The fraction of sp³-hybridized carbons (Fsp3) is 0.480. The number of rotatable bonds is 10. The van der Waals surface area contributed by atoms with E-state index in [4.69, 9.17) is 9.47 Å². The SMILES string of the molecule is CCOC(=O)c1sc(NCC(=O)c2cccc(S(=O)(=O)N3CCCC(C)C3)c2)c(C(=O)OCC)c1C. The van der Waals surface area contributed by atoms with Crippen molar-refractivity contribution >= 4 is 44.1 Å². The molecule has 1 aromatic carbocycles. The van der Waals surface area contributed by atoms with E-state index in [-0.39, 0.29) is 52.4 Å². The van der Waals surface area contributed by atoms with Gasteiger partial charge < -0.3 is 14.8 Å². The van der Waals surface area contributed by atoms with E-state index in [2.05, 4.69) is 5.32 Å². The number of anilines is 1. The monoisotopic (exact) mass is 536 g/mol. The molecule has 1 aliphatic heterocycles. The van der Waals surface area contributed by atoms with Crippen molar-refractivity contribution in [1.29, 1.82) is 0 Å². The summed E-state index contributed by atoms with van der Waals surface area (Å²) in [6, 6.07) is 5.98. The van der Waals surface area contributed by atoms with E-state index < -0.39 is 22.0 Å². The largest absolute Gasteiger partial charge is 0.462 e. The Morgan fingerprint density at radius 3 is 2.50 bits per heavy atom. The Morgan fingerprint density at radius 2 is 1.83 bits per heavy atom. The number of esters is 2. The Kier molecular flexibility index (Phi) is 9.26. The van der Waals surface area contributed by atoms with Crippen molar-refractivity contribution in [2.45, 2.75) is 45.4 Å². The third-order valence-corrected chi connectivity index (χ3v) is 9.00. The van der Waals surface area contributed by atoms with Crippen molar-refractivity contribution < 1.29 is 32.3 Å². The predicted octanol–water partition coefficient (Wildman–Crippen LogP) is 4.13. The molecule has 1 fully saturated rings. The summed E-state index contributed by atoms with van der Waals surface area (Å²) in [4.78, 5) is 38.2. The van der Waals surface area contributed by atoms with Gasteiger partial charge >= 0.3 is 11.9 Å². The standard InChI is InChI=1S/C25H32N2O7S2/c1-5-33-24(29)21-17(4)22(25(30)34-6-2)35-23(21)26-14-20(28)18-10-7-11-19(13-18)36(31,32)27-12-8-9-16(3)15-27/h7,10-11,13,16,26H,5-6,8-9,12,14-15H2,1-4H3. The lowest BCUT2D eigenvalue weighted by Crippen LogP contribution is -2.39. The first-order valence-corrected chi connectivity index (χ1v) is 14.2. The number of ether oxygens (including phenoxy) is 2. The van der Waals surface area contributed by atoms with Crippen molar-refractivity contribution in [2.75, 3.05) is 38.2 Å². The van der Waals surface area contributed by atoms with E-state index in [1.807, 2.05) is 6.92 Å². The lowest BCUT2D eigenvalue weighted by Gasteiger charge is -2.30. The fourth-order valence-electron chi connectivity index (χ4n) is 4.08. The van der Waals surface area contributed by atoms with Crippen LogP contribution in [0.15, 0.2) is 29.2 Å². The Bertz CT molecular complexity index is 1240. The number of sulfonamides is 1. The maximum absolute atomic E-state index is 13.1. The van der Waals surface area contributed by atoms with Crippen LogP contribution < -0.4 is 5.32 Å². The van der Waals surface area contributed by atoms with Crippen molar-refractivity contribution in [3.05, 3.63) is 45.8 Å². The van der Waals surface area contributed by atoms with Gasteiger partial charge in [0.2, 0.25) is 10.0 Å². The molecule has 0 radical (unpaired) electrons. The number of nitrogens with zero attached hydrogens (tertiary/aromatic N) is 1. The van der Waals surface area contributed by atoms with E-state index in [1.54, 1.807) is 32.9 Å². The maximum Gasteiger partial charge on any atom is 0.348 e. The Labute approximate surface area is 215 Å². The van der Waals surface area contributed by atoms with Crippen LogP contribution in [0.25, 0.3) is 0 Å². The van der Waals surface area contributed by atoms with Gasteiger partial charge in [0.25, 0.3) is 0 Å². The van der Waals surface area contributed by atoms with Crippen LogP contribution in [-0.2, 0) is 19.5 Å². The topological polar surface area (TPSA) is 119 Å². The summed E-state index contributed by atoms with van der Waals surface area (Å²) < 4.78 is 37.9. The normalized spacial score (nSPS) is 16.4. The number of ketones is 1. The zero-order valence-electron chi connectivity index (χ0n) is 21.0. The molecule has 9 nitrogen and oxygen atoms in total. The van der Waals surface area contributed by atoms with Crippen molar-refractivity contribution in [2.24, 2.45) is 5.92 Å². The van der Waals surface area contributed by atoms with Gasteiger partial charge in [0.15, 0.2) is 5.78 Å². The molecule has 1 unspecified atom stereocenters. The number of thiophene rings is 1. The molecule has 2 aromatic rings. The minimum absolute atomic E-state index is 0.0752. The van der Waals surface area contributed by atoms with Gasteiger partial charge in [0.1, 0.15) is 9.88 Å². The van der Waals surface area contributed by atoms with Gasteiger partial charge in [-0.15, -0.1) is 11.3 Å². The smallest absolute Gasteiger partial charge is 0.348 e. The van der Waals surface area contributed by atoms with Crippen LogP contribution in [0.5, 0.6) is 0 Å². The number of carbonyl (C=O) groups is 3. The highest BCUT2D eigenvalue weighted by atomic mass is 32.2. The highest BCUT2D eigenvalue weighted by molar-refractivity contribution is 7.89. The summed E-state index contributed by atoms with van der Waals surface area (Å²) in [6.07, 6.45) is 1.80. The van der Waals surface area contributed by atoms with Gasteiger partial charge in [-0.3, -0.25) is 4.79 Å². The fourth-order valence-corrected chi connectivity index (χ4v) is 6.81. The summed E-state index contributed by atoms with van der Waals surface area (Å²) in [5.74, 6) is -1.25. The predicted molar refractivity (Wildman–Crippen MR) is 137 cm³/mol. The van der Waals surface area contributed by atoms with E-state index >= 15 is 0 Å². The molecule has 1 saturated heterocycles. The molecule has 2 heterocycles. The highest BCUT2D eigenvalue weighted by Crippen LogP contribution is 2.34.